The van der Waals surface area contributed by atoms with Crippen LogP contribution in [-0.4, -0.2) is 95.1 Å². The number of benzene rings is 3. The van der Waals surface area contributed by atoms with Crippen molar-refractivity contribution in [2.45, 2.75) is 155 Å². The van der Waals surface area contributed by atoms with Crippen molar-refractivity contribution in [2.75, 3.05) is 13.6 Å². The SMILES string of the molecule is CNC(C)C(=O)NC(C(=O)N1Cc2cc(C(=O)NC3CC(C(=O)NC4CCCc5ccccc54)N(C(=O)C(N)C(C)(C)C)C3)ccc2CC1C(=O)NC1CCCc2ccccc21)C(C)(C)C. The molecule has 1 saturated heterocycles. The molecule has 3 aromatic rings. The first-order valence-corrected chi connectivity index (χ1v) is 23.8. The second-order valence-electron chi connectivity index (χ2n) is 21.0. The van der Waals surface area contributed by atoms with Crippen LogP contribution >= 0.6 is 0 Å². The molecule has 6 amide bonds. The second-order valence-corrected chi connectivity index (χ2v) is 21.0. The third-order valence-corrected chi connectivity index (χ3v) is 14.2. The molecule has 0 spiro atoms. The van der Waals surface area contributed by atoms with Crippen molar-refractivity contribution in [3.63, 3.8) is 0 Å². The summed E-state index contributed by atoms with van der Waals surface area (Å²) in [7, 11) is 1.68. The van der Waals surface area contributed by atoms with Crippen LogP contribution in [0.2, 0.25) is 0 Å². The van der Waals surface area contributed by atoms with Gasteiger partial charge in [0.2, 0.25) is 29.5 Å². The number of nitrogens with one attached hydrogen (secondary N) is 5. The van der Waals surface area contributed by atoms with Crippen LogP contribution in [0.5, 0.6) is 0 Å². The normalized spacial score (nSPS) is 23.0. The van der Waals surface area contributed by atoms with Gasteiger partial charge in [-0.15, -0.1) is 0 Å². The largest absolute Gasteiger partial charge is 0.347 e. The van der Waals surface area contributed by atoms with Gasteiger partial charge in [0.25, 0.3) is 5.91 Å². The highest BCUT2D eigenvalue weighted by atomic mass is 16.2. The molecule has 0 saturated carbocycles. The van der Waals surface area contributed by atoms with E-state index in [-0.39, 0.29) is 61.6 Å². The molecule has 0 radical (unpaired) electrons. The quantitative estimate of drug-likeness (QED) is 0.162. The fourth-order valence-electron chi connectivity index (χ4n) is 10.00. The Morgan fingerprint density at radius 2 is 1.26 bits per heavy atom. The number of likely N-dealkylation sites (N-methyl/N-ethyl adjacent to an activating group) is 1. The van der Waals surface area contributed by atoms with Crippen molar-refractivity contribution < 1.29 is 28.8 Å². The molecule has 2 heterocycles. The van der Waals surface area contributed by atoms with Gasteiger partial charge < -0.3 is 42.1 Å². The predicted octanol–water partition coefficient (Wildman–Crippen LogP) is 4.54. The molecule has 2 aliphatic heterocycles. The molecule has 2 aliphatic carbocycles. The minimum Gasteiger partial charge on any atom is -0.347 e. The zero-order valence-electron chi connectivity index (χ0n) is 40.0. The van der Waals surface area contributed by atoms with Crippen molar-refractivity contribution in [1.29, 1.82) is 0 Å². The van der Waals surface area contributed by atoms with Gasteiger partial charge in [0.15, 0.2) is 0 Å². The Kier molecular flexibility index (Phi) is 14.4. The van der Waals surface area contributed by atoms with Crippen LogP contribution in [0.25, 0.3) is 0 Å². The van der Waals surface area contributed by atoms with Gasteiger partial charge in [-0.1, -0.05) is 96.1 Å². The van der Waals surface area contributed by atoms with Gasteiger partial charge in [-0.3, -0.25) is 28.8 Å². The maximum absolute atomic E-state index is 14.9. The molecule has 7 N–H and O–H groups in total. The number of fused-ring (bicyclic) bond motifs is 3. The molecule has 7 rings (SSSR count). The van der Waals surface area contributed by atoms with Gasteiger partial charge in [0.05, 0.1) is 24.2 Å². The first-order chi connectivity index (χ1) is 31.2. The number of aryl methyl sites for hydroxylation is 2. The smallest absolute Gasteiger partial charge is 0.251 e. The van der Waals surface area contributed by atoms with Crippen molar-refractivity contribution in [2.24, 2.45) is 16.6 Å². The minimum atomic E-state index is -0.961. The van der Waals surface area contributed by atoms with Gasteiger partial charge in [0, 0.05) is 31.1 Å². The van der Waals surface area contributed by atoms with Crippen LogP contribution in [0.3, 0.4) is 0 Å². The van der Waals surface area contributed by atoms with E-state index in [2.05, 4.69) is 38.7 Å². The molecule has 66 heavy (non-hydrogen) atoms. The maximum atomic E-state index is 14.9. The van der Waals surface area contributed by atoms with E-state index in [1.54, 1.807) is 31.0 Å². The summed E-state index contributed by atoms with van der Waals surface area (Å²) < 4.78 is 0. The average Bonchev–Trinajstić information content (AvgIpc) is 3.72. The molecule has 14 nitrogen and oxygen atoms in total. The topological polar surface area (TPSA) is 195 Å². The molecule has 0 bridgehead atoms. The summed E-state index contributed by atoms with van der Waals surface area (Å²) in [5.41, 5.74) is 11.7. The maximum Gasteiger partial charge on any atom is 0.251 e. The van der Waals surface area contributed by atoms with E-state index < -0.39 is 58.9 Å². The molecule has 8 unspecified atom stereocenters. The Hall–Kier alpha value is -5.60. The first kappa shape index (κ1) is 48.3. The number of hydrogen-bond donors (Lipinski definition) is 6. The zero-order chi connectivity index (χ0) is 47.7. The summed E-state index contributed by atoms with van der Waals surface area (Å²) in [5.74, 6) is -2.04. The van der Waals surface area contributed by atoms with Crippen LogP contribution in [0.4, 0.5) is 0 Å². The van der Waals surface area contributed by atoms with E-state index in [0.717, 1.165) is 55.2 Å². The van der Waals surface area contributed by atoms with Gasteiger partial charge in [0.1, 0.15) is 18.1 Å². The lowest BCUT2D eigenvalue weighted by Gasteiger charge is -2.42. The lowest BCUT2D eigenvalue weighted by Crippen LogP contribution is -2.62. The molecule has 8 atom stereocenters. The lowest BCUT2D eigenvalue weighted by atomic mass is 9.83. The van der Waals surface area contributed by atoms with E-state index in [9.17, 15) is 28.8 Å². The van der Waals surface area contributed by atoms with E-state index in [4.69, 9.17) is 5.73 Å². The highest BCUT2D eigenvalue weighted by molar-refractivity contribution is 5.97. The van der Waals surface area contributed by atoms with E-state index >= 15 is 0 Å². The standard InChI is InChI=1S/C52H70N8O6/c1-30(54-8)45(61)58-44(52(5,6)7)50(66)59-28-35-25-34(24-23-33(35)26-41(59)47(63)56-39-21-13-17-31-15-9-11-19-37(31)39)46(62)55-36-27-42(60(29-36)49(65)43(53)51(2,3)4)48(64)57-40-22-14-18-32-16-10-12-20-38(32)40/h9-12,15-16,19-20,23-25,30,36,39-44,54H,13-14,17-18,21-22,26-29,53H2,1-8H3,(H,55,62)(H,56,63)(H,57,64)(H,58,61). The Balaban J connectivity index is 1.13. The summed E-state index contributed by atoms with van der Waals surface area (Å²) in [4.78, 5) is 88.2. The third kappa shape index (κ3) is 10.5. The predicted molar refractivity (Wildman–Crippen MR) is 254 cm³/mol. The Morgan fingerprint density at radius 1 is 0.682 bits per heavy atom. The average molecular weight is 903 g/mol. The van der Waals surface area contributed by atoms with Crippen LogP contribution in [0.15, 0.2) is 66.7 Å². The number of nitrogens with two attached hydrogens (primary N) is 1. The van der Waals surface area contributed by atoms with Crippen LogP contribution in [0, 0.1) is 10.8 Å². The number of likely N-dealkylation sites (tertiary alicyclic amines) is 1. The molecule has 3 aromatic carbocycles. The van der Waals surface area contributed by atoms with Crippen molar-refractivity contribution in [1.82, 2.24) is 36.4 Å². The zero-order valence-corrected chi connectivity index (χ0v) is 40.0. The number of carbonyl (C=O) groups is 6. The summed E-state index contributed by atoms with van der Waals surface area (Å²) in [6.07, 6.45) is 5.71. The summed E-state index contributed by atoms with van der Waals surface area (Å²) in [6, 6.07) is 16.5. The third-order valence-electron chi connectivity index (χ3n) is 14.2. The van der Waals surface area contributed by atoms with Gasteiger partial charge in [-0.05, 0) is 115 Å². The van der Waals surface area contributed by atoms with Gasteiger partial charge in [-0.2, -0.15) is 0 Å². The van der Waals surface area contributed by atoms with Crippen LogP contribution in [-0.2, 0) is 49.8 Å². The molecule has 1 fully saturated rings. The second kappa shape index (κ2) is 19.7. The first-order valence-electron chi connectivity index (χ1n) is 23.8. The molecule has 0 aromatic heterocycles. The molecule has 4 aliphatic rings. The monoisotopic (exact) mass is 903 g/mol. The highest BCUT2D eigenvalue weighted by Gasteiger charge is 2.46. The van der Waals surface area contributed by atoms with E-state index in [0.29, 0.717) is 11.1 Å². The van der Waals surface area contributed by atoms with Gasteiger partial charge in [-0.25, -0.2) is 0 Å². The van der Waals surface area contributed by atoms with Crippen LogP contribution in [0.1, 0.15) is 136 Å². The number of amides is 6. The number of hydrogen-bond acceptors (Lipinski definition) is 8. The molecule has 14 heteroatoms. The number of nitrogens with zero attached hydrogens (tertiary/aromatic N) is 2. The van der Waals surface area contributed by atoms with Crippen LogP contribution < -0.4 is 32.3 Å². The number of carbonyl (C=O) groups excluding carboxylic acids is 6. The highest BCUT2D eigenvalue weighted by Crippen LogP contribution is 2.34. The molecular formula is C52H70N8O6. The molecular weight excluding hydrogens is 833 g/mol. The van der Waals surface area contributed by atoms with E-state index in [1.165, 1.54) is 16.0 Å². The van der Waals surface area contributed by atoms with Gasteiger partial charge >= 0.3 is 0 Å². The van der Waals surface area contributed by atoms with E-state index in [1.807, 2.05) is 84.0 Å². The van der Waals surface area contributed by atoms with Crippen molar-refractivity contribution in [3.05, 3.63) is 106 Å². The molecule has 354 valence electrons. The fourth-order valence-corrected chi connectivity index (χ4v) is 10.00. The Morgan fingerprint density at radius 3 is 1.82 bits per heavy atom. The summed E-state index contributed by atoms with van der Waals surface area (Å²) in [5, 5.41) is 15.5. The fraction of sp³-hybridized carbons (Fsp3) is 0.538. The summed E-state index contributed by atoms with van der Waals surface area (Å²) in [6.45, 7) is 13.2. The number of rotatable bonds is 11. The van der Waals surface area contributed by atoms with Crippen molar-refractivity contribution >= 4 is 35.4 Å². The Labute approximate surface area is 390 Å². The Bertz CT molecular complexity index is 2330. The minimum absolute atomic E-state index is 0.0294. The summed E-state index contributed by atoms with van der Waals surface area (Å²) >= 11 is 0. The van der Waals surface area contributed by atoms with Crippen molar-refractivity contribution in [3.8, 4) is 0 Å². The lowest BCUT2D eigenvalue weighted by molar-refractivity contribution is -0.147.